The van der Waals surface area contributed by atoms with Gasteiger partial charge in [-0.1, -0.05) is 5.10 Å². The number of hydrogen-bond acceptors (Lipinski definition) is 5. The van der Waals surface area contributed by atoms with Crippen LogP contribution in [-0.2, 0) is 16.6 Å². The monoisotopic (exact) mass is 276 g/mol. The predicted octanol–water partition coefficient (Wildman–Crippen LogP) is 0.695. The lowest BCUT2D eigenvalue weighted by molar-refractivity contribution is 0.354. The van der Waals surface area contributed by atoms with Crippen LogP contribution in [0.4, 0.5) is 0 Å². The minimum Gasteiger partial charge on any atom is -0.467 e. The molecule has 0 aliphatic rings. The van der Waals surface area contributed by atoms with E-state index in [-0.39, 0.29) is 0 Å². The summed E-state index contributed by atoms with van der Waals surface area (Å²) in [7, 11) is -1.84. The van der Waals surface area contributed by atoms with Crippen molar-refractivity contribution in [1.82, 2.24) is 19.5 Å². The van der Waals surface area contributed by atoms with E-state index in [0.717, 1.165) is 0 Å². The first-order valence-electron chi connectivity index (χ1n) is 5.81. The molecule has 0 radical (unpaired) electrons. The van der Waals surface area contributed by atoms with Crippen molar-refractivity contribution in [2.45, 2.75) is 45.5 Å². The summed E-state index contributed by atoms with van der Waals surface area (Å²) in [5, 5.41) is 7.33. The van der Waals surface area contributed by atoms with Crippen molar-refractivity contribution in [2.75, 3.05) is 7.11 Å². The molecule has 8 heteroatoms. The van der Waals surface area contributed by atoms with E-state index < -0.39 is 21.3 Å². The van der Waals surface area contributed by atoms with E-state index in [0.29, 0.717) is 18.4 Å². The summed E-state index contributed by atoms with van der Waals surface area (Å²) in [6.45, 7) is 7.51. The Morgan fingerprint density at radius 1 is 1.33 bits per heavy atom. The zero-order chi connectivity index (χ0) is 13.9. The second-order valence-electron chi connectivity index (χ2n) is 4.22. The minimum absolute atomic E-state index is 0.378. The molecule has 0 aliphatic heterocycles. The van der Waals surface area contributed by atoms with Crippen LogP contribution in [-0.4, -0.2) is 35.5 Å². The van der Waals surface area contributed by atoms with Gasteiger partial charge in [-0.05, 0) is 27.7 Å². The Hall–Kier alpha value is -1.15. The molecule has 1 aromatic rings. The molecular formula is C10H20N4O3S. The highest BCUT2D eigenvalue weighted by Gasteiger charge is 2.24. The van der Waals surface area contributed by atoms with Gasteiger partial charge in [0.15, 0.2) is 5.82 Å². The predicted molar refractivity (Wildman–Crippen MR) is 67.9 cm³/mol. The van der Waals surface area contributed by atoms with E-state index in [1.54, 1.807) is 25.3 Å². The second kappa shape index (κ2) is 5.66. The molecular weight excluding hydrogens is 256 g/mol. The average molecular weight is 276 g/mol. The van der Waals surface area contributed by atoms with E-state index in [2.05, 4.69) is 14.9 Å². The van der Waals surface area contributed by atoms with E-state index in [1.807, 2.05) is 6.92 Å². The minimum atomic E-state index is -3.34. The largest absolute Gasteiger partial charge is 0.467 e. The average Bonchev–Trinajstić information content (AvgIpc) is 2.70. The Labute approximate surface area is 108 Å². The summed E-state index contributed by atoms with van der Waals surface area (Å²) in [5.41, 5.74) is 0. The lowest BCUT2D eigenvalue weighted by Gasteiger charge is -2.16. The molecule has 1 N–H and O–H groups in total. The van der Waals surface area contributed by atoms with Gasteiger partial charge >= 0.3 is 6.01 Å². The number of sulfonamides is 1. The quantitative estimate of drug-likeness (QED) is 0.826. The Bertz CT molecular complexity index is 495. The van der Waals surface area contributed by atoms with Crippen molar-refractivity contribution in [1.29, 1.82) is 0 Å². The van der Waals surface area contributed by atoms with Crippen LogP contribution < -0.4 is 9.46 Å². The van der Waals surface area contributed by atoms with E-state index in [1.165, 1.54) is 7.11 Å². The third kappa shape index (κ3) is 2.99. The van der Waals surface area contributed by atoms with Gasteiger partial charge in [0.05, 0.1) is 18.4 Å². The lowest BCUT2D eigenvalue weighted by Crippen LogP contribution is -2.34. The van der Waals surface area contributed by atoms with E-state index >= 15 is 0 Å². The van der Waals surface area contributed by atoms with Crippen LogP contribution in [0.1, 0.15) is 39.6 Å². The van der Waals surface area contributed by atoms with Gasteiger partial charge in [-0.15, -0.1) is 5.10 Å². The summed E-state index contributed by atoms with van der Waals surface area (Å²) in [6, 6.07) is -0.0724. The summed E-state index contributed by atoms with van der Waals surface area (Å²) < 4.78 is 32.9. The van der Waals surface area contributed by atoms with Crippen LogP contribution in [0, 0.1) is 0 Å². The Morgan fingerprint density at radius 3 is 2.39 bits per heavy atom. The Balaban J connectivity index is 2.98. The van der Waals surface area contributed by atoms with Crippen molar-refractivity contribution in [3.8, 4) is 6.01 Å². The fourth-order valence-corrected chi connectivity index (χ4v) is 2.37. The van der Waals surface area contributed by atoms with Crippen LogP contribution in [0.3, 0.4) is 0 Å². The Kier molecular flexibility index (Phi) is 4.69. The van der Waals surface area contributed by atoms with Gasteiger partial charge in [0, 0.05) is 6.54 Å². The Morgan fingerprint density at radius 2 is 1.94 bits per heavy atom. The highest BCUT2D eigenvalue weighted by atomic mass is 32.2. The number of aromatic nitrogens is 3. The van der Waals surface area contributed by atoms with Crippen molar-refractivity contribution >= 4 is 10.0 Å². The molecule has 0 aliphatic carbocycles. The van der Waals surface area contributed by atoms with Gasteiger partial charge in [0.25, 0.3) is 0 Å². The first-order chi connectivity index (χ1) is 8.33. The molecule has 0 bridgehead atoms. The molecule has 1 heterocycles. The van der Waals surface area contributed by atoms with Gasteiger partial charge in [-0.2, -0.15) is 0 Å². The number of nitrogens with zero attached hydrogens (tertiary/aromatic N) is 3. The van der Waals surface area contributed by atoms with Gasteiger partial charge in [0.2, 0.25) is 10.0 Å². The second-order valence-corrected chi connectivity index (χ2v) is 6.49. The maximum absolute atomic E-state index is 11.8. The van der Waals surface area contributed by atoms with Crippen molar-refractivity contribution < 1.29 is 13.2 Å². The number of nitrogens with one attached hydrogen (secondary N) is 1. The summed E-state index contributed by atoms with van der Waals surface area (Å²) in [5.74, 6) is 0.540. The molecule has 104 valence electrons. The zero-order valence-electron chi connectivity index (χ0n) is 11.3. The molecule has 0 fully saturated rings. The smallest absolute Gasteiger partial charge is 0.316 e. The third-order valence-electron chi connectivity index (χ3n) is 2.59. The normalized spacial score (nSPS) is 13.9. The van der Waals surface area contributed by atoms with Crippen molar-refractivity contribution in [2.24, 2.45) is 0 Å². The molecule has 0 saturated heterocycles. The molecule has 1 atom stereocenters. The summed E-state index contributed by atoms with van der Waals surface area (Å²) in [6.07, 6.45) is 0. The van der Waals surface area contributed by atoms with E-state index in [4.69, 9.17) is 4.74 Å². The molecule has 18 heavy (non-hydrogen) atoms. The highest BCUT2D eigenvalue weighted by Crippen LogP contribution is 2.17. The van der Waals surface area contributed by atoms with E-state index in [9.17, 15) is 8.42 Å². The van der Waals surface area contributed by atoms with Gasteiger partial charge in [0.1, 0.15) is 0 Å². The molecule has 0 spiro atoms. The summed E-state index contributed by atoms with van der Waals surface area (Å²) >= 11 is 0. The van der Waals surface area contributed by atoms with Crippen LogP contribution in [0.15, 0.2) is 0 Å². The first-order valence-corrected chi connectivity index (χ1v) is 7.36. The van der Waals surface area contributed by atoms with Gasteiger partial charge < -0.3 is 4.74 Å². The first kappa shape index (κ1) is 14.9. The van der Waals surface area contributed by atoms with Crippen molar-refractivity contribution in [3.05, 3.63) is 5.82 Å². The fraction of sp³-hybridized carbons (Fsp3) is 0.800. The number of hydrogen-bond donors (Lipinski definition) is 1. The maximum Gasteiger partial charge on any atom is 0.316 e. The van der Waals surface area contributed by atoms with Crippen LogP contribution in [0.25, 0.3) is 0 Å². The highest BCUT2D eigenvalue weighted by molar-refractivity contribution is 7.90. The lowest BCUT2D eigenvalue weighted by atomic mass is 10.3. The molecule has 1 aromatic heterocycles. The third-order valence-corrected chi connectivity index (χ3v) is 4.52. The number of methoxy groups -OCH3 is 1. The van der Waals surface area contributed by atoms with Crippen LogP contribution >= 0.6 is 0 Å². The molecule has 0 amide bonds. The molecule has 0 saturated carbocycles. The number of rotatable bonds is 6. The standard InChI is InChI=1S/C10H20N4O3S/c1-6-14-9(11-12-10(14)17-5)8(4)13-18(15,16)7(2)3/h7-8,13H,6H2,1-5H3/t8-/m1/s1. The molecule has 0 aromatic carbocycles. The molecule has 0 unspecified atom stereocenters. The maximum atomic E-state index is 11.8. The topological polar surface area (TPSA) is 86.1 Å². The van der Waals surface area contributed by atoms with Gasteiger partial charge in [-0.25, -0.2) is 13.1 Å². The zero-order valence-corrected chi connectivity index (χ0v) is 12.2. The van der Waals surface area contributed by atoms with Crippen molar-refractivity contribution in [3.63, 3.8) is 0 Å². The van der Waals surface area contributed by atoms with Gasteiger partial charge in [-0.3, -0.25) is 4.57 Å². The number of ether oxygens (including phenoxy) is 1. The SMILES string of the molecule is CCn1c(OC)nnc1[C@@H](C)NS(=O)(=O)C(C)C. The van der Waals surface area contributed by atoms with Crippen LogP contribution in [0.2, 0.25) is 0 Å². The molecule has 7 nitrogen and oxygen atoms in total. The fourth-order valence-electron chi connectivity index (χ4n) is 1.50. The summed E-state index contributed by atoms with van der Waals surface area (Å²) in [4.78, 5) is 0. The van der Waals surface area contributed by atoms with Crippen LogP contribution in [0.5, 0.6) is 6.01 Å². The molecule has 1 rings (SSSR count).